The van der Waals surface area contributed by atoms with E-state index in [-0.39, 0.29) is 24.9 Å². The number of nitrogens with zero attached hydrogens (tertiary/aromatic N) is 2. The summed E-state index contributed by atoms with van der Waals surface area (Å²) in [6, 6.07) is 5.71. The molecule has 0 aliphatic carbocycles. The number of ether oxygens (including phenoxy) is 1. The highest BCUT2D eigenvalue weighted by Crippen LogP contribution is 2.33. The van der Waals surface area contributed by atoms with Gasteiger partial charge in [-0.1, -0.05) is 0 Å². The van der Waals surface area contributed by atoms with Crippen LogP contribution in [0.5, 0.6) is 0 Å². The molecule has 2 saturated heterocycles. The Bertz CT molecular complexity index is 635. The first kappa shape index (κ1) is 19.1. The van der Waals surface area contributed by atoms with Crippen molar-refractivity contribution in [3.63, 3.8) is 0 Å². The minimum absolute atomic E-state index is 0.0137. The van der Waals surface area contributed by atoms with Crippen LogP contribution in [-0.4, -0.2) is 55.4 Å². The third kappa shape index (κ3) is 4.73. The van der Waals surface area contributed by atoms with Gasteiger partial charge < -0.3 is 14.5 Å². The zero-order chi connectivity index (χ0) is 18.8. The molecule has 26 heavy (non-hydrogen) atoms. The highest BCUT2D eigenvalue weighted by atomic mass is 19.4. The fourth-order valence-electron chi connectivity index (χ4n) is 3.61. The lowest BCUT2D eigenvalue weighted by atomic mass is 9.92. The van der Waals surface area contributed by atoms with Gasteiger partial charge in [-0.3, -0.25) is 4.79 Å². The topological polar surface area (TPSA) is 32.8 Å². The number of carbonyl (C=O) groups is 1. The van der Waals surface area contributed by atoms with Crippen molar-refractivity contribution >= 4 is 11.6 Å². The quantitative estimate of drug-likeness (QED) is 0.761. The molecule has 0 saturated carbocycles. The summed E-state index contributed by atoms with van der Waals surface area (Å²) < 4.78 is 56.3. The molecule has 0 N–H and O–H groups in total. The molecule has 2 heterocycles. The second kappa shape index (κ2) is 7.52. The number of amides is 1. The number of morpholine rings is 1. The van der Waals surface area contributed by atoms with Crippen molar-refractivity contribution in [2.75, 3.05) is 37.7 Å². The maximum absolute atomic E-state index is 13.1. The Morgan fingerprint density at radius 1 is 1.12 bits per heavy atom. The number of alkyl halides is 3. The van der Waals surface area contributed by atoms with Crippen LogP contribution in [0.3, 0.4) is 0 Å². The summed E-state index contributed by atoms with van der Waals surface area (Å²) in [6.07, 6.45) is -3.02. The van der Waals surface area contributed by atoms with Gasteiger partial charge in [0.25, 0.3) is 5.91 Å². The van der Waals surface area contributed by atoms with Crippen LogP contribution < -0.4 is 4.90 Å². The van der Waals surface area contributed by atoms with E-state index in [1.54, 1.807) is 17.0 Å². The Kier molecular flexibility index (Phi) is 5.53. The predicted molar refractivity (Wildman–Crippen MR) is 88.4 cm³/mol. The first-order valence-electron chi connectivity index (χ1n) is 8.75. The van der Waals surface area contributed by atoms with E-state index in [4.69, 9.17) is 4.74 Å². The van der Waals surface area contributed by atoms with Crippen molar-refractivity contribution < 1.29 is 27.1 Å². The molecule has 8 heteroatoms. The van der Waals surface area contributed by atoms with Crippen molar-refractivity contribution in [1.29, 1.82) is 0 Å². The number of benzene rings is 1. The Hall–Kier alpha value is -1.67. The van der Waals surface area contributed by atoms with E-state index in [0.29, 0.717) is 44.6 Å². The fourth-order valence-corrected chi connectivity index (χ4v) is 3.61. The van der Waals surface area contributed by atoms with Crippen LogP contribution in [0.15, 0.2) is 24.3 Å². The van der Waals surface area contributed by atoms with Crippen LogP contribution in [0.4, 0.5) is 23.2 Å². The number of anilines is 1. The summed E-state index contributed by atoms with van der Waals surface area (Å²) in [5.41, 5.74) is 0.0483. The van der Waals surface area contributed by atoms with Crippen molar-refractivity contribution in [2.45, 2.75) is 37.5 Å². The van der Waals surface area contributed by atoms with E-state index in [1.165, 1.54) is 12.1 Å². The Morgan fingerprint density at radius 3 is 2.54 bits per heavy atom. The zero-order valence-corrected chi connectivity index (χ0v) is 14.4. The number of likely N-dealkylation sites (tertiary alicyclic amines) is 1. The van der Waals surface area contributed by atoms with Crippen LogP contribution in [0.25, 0.3) is 0 Å². The molecule has 144 valence electrons. The maximum Gasteiger partial charge on any atom is 0.390 e. The smallest absolute Gasteiger partial charge is 0.363 e. The summed E-state index contributed by atoms with van der Waals surface area (Å²) in [5.74, 6) is -0.570. The second-order valence-electron chi connectivity index (χ2n) is 6.99. The van der Waals surface area contributed by atoms with E-state index < -0.39 is 18.2 Å². The lowest BCUT2D eigenvalue weighted by Gasteiger charge is -2.42. The van der Waals surface area contributed by atoms with E-state index >= 15 is 0 Å². The summed E-state index contributed by atoms with van der Waals surface area (Å²) in [6.45, 7) is 1.35. The molecule has 1 atom stereocenters. The highest BCUT2D eigenvalue weighted by Gasteiger charge is 2.41. The van der Waals surface area contributed by atoms with Crippen molar-refractivity contribution in [3.05, 3.63) is 30.1 Å². The van der Waals surface area contributed by atoms with Gasteiger partial charge in [-0.05, 0) is 50.1 Å². The van der Waals surface area contributed by atoms with Gasteiger partial charge in [0.15, 0.2) is 0 Å². The monoisotopic (exact) mass is 374 g/mol. The molecule has 1 aromatic rings. The molecule has 1 amide bonds. The number of hydrogen-bond acceptors (Lipinski definition) is 3. The van der Waals surface area contributed by atoms with Gasteiger partial charge in [0.05, 0.1) is 18.6 Å². The number of halogens is 4. The first-order valence-corrected chi connectivity index (χ1v) is 8.75. The average Bonchev–Trinajstić information content (AvgIpc) is 2.78. The fraction of sp³-hybridized carbons (Fsp3) is 0.611. The largest absolute Gasteiger partial charge is 0.390 e. The van der Waals surface area contributed by atoms with Crippen molar-refractivity contribution in [2.24, 2.45) is 0 Å². The van der Waals surface area contributed by atoms with Crippen molar-refractivity contribution in [1.82, 2.24) is 4.90 Å². The van der Waals surface area contributed by atoms with Gasteiger partial charge in [-0.25, -0.2) is 4.39 Å². The minimum Gasteiger partial charge on any atom is -0.363 e. The molecule has 1 aromatic carbocycles. The SMILES string of the molecule is O=C1COC2(CCCN(CCC(F)(F)F)CC2)CN1c1ccc(F)cc1. The summed E-state index contributed by atoms with van der Waals surface area (Å²) >= 11 is 0. The van der Waals surface area contributed by atoms with E-state index in [0.717, 1.165) is 0 Å². The summed E-state index contributed by atoms with van der Waals surface area (Å²) in [7, 11) is 0. The minimum atomic E-state index is -4.16. The van der Waals surface area contributed by atoms with Crippen LogP contribution in [0.2, 0.25) is 0 Å². The predicted octanol–water partition coefficient (Wildman–Crippen LogP) is 3.37. The van der Waals surface area contributed by atoms with E-state index in [9.17, 15) is 22.4 Å². The van der Waals surface area contributed by atoms with Crippen molar-refractivity contribution in [3.8, 4) is 0 Å². The Balaban J connectivity index is 1.66. The third-order valence-corrected chi connectivity index (χ3v) is 5.09. The standard InChI is InChI=1S/C18H22F4N2O2/c19-14-2-4-15(5-3-14)24-13-17(26-12-16(24)25)6-1-9-23(10-7-17)11-8-18(20,21)22/h2-5H,1,6-13H2. The Morgan fingerprint density at radius 2 is 1.85 bits per heavy atom. The van der Waals surface area contributed by atoms with Crippen LogP contribution in [0, 0.1) is 5.82 Å². The molecule has 0 aromatic heterocycles. The summed E-state index contributed by atoms with van der Waals surface area (Å²) in [5, 5.41) is 0. The van der Waals surface area contributed by atoms with Crippen LogP contribution in [0.1, 0.15) is 25.7 Å². The van der Waals surface area contributed by atoms with Gasteiger partial charge >= 0.3 is 6.18 Å². The lowest BCUT2D eigenvalue weighted by molar-refractivity contribution is -0.141. The van der Waals surface area contributed by atoms with Gasteiger partial charge in [0.1, 0.15) is 12.4 Å². The maximum atomic E-state index is 13.1. The molecular formula is C18H22F4N2O2. The van der Waals surface area contributed by atoms with Gasteiger partial charge in [0, 0.05) is 18.8 Å². The number of carbonyl (C=O) groups excluding carboxylic acids is 1. The van der Waals surface area contributed by atoms with Crippen LogP contribution >= 0.6 is 0 Å². The number of hydrogen-bond donors (Lipinski definition) is 0. The molecule has 0 radical (unpaired) electrons. The van der Waals surface area contributed by atoms with E-state index in [2.05, 4.69) is 0 Å². The number of rotatable bonds is 3. The molecule has 2 fully saturated rings. The lowest BCUT2D eigenvalue weighted by Crippen LogP contribution is -2.55. The average molecular weight is 374 g/mol. The van der Waals surface area contributed by atoms with Crippen LogP contribution in [-0.2, 0) is 9.53 Å². The molecule has 2 aliphatic heterocycles. The van der Waals surface area contributed by atoms with E-state index in [1.807, 2.05) is 4.90 Å². The molecule has 2 aliphatic rings. The molecule has 4 nitrogen and oxygen atoms in total. The summed E-state index contributed by atoms with van der Waals surface area (Å²) in [4.78, 5) is 15.6. The second-order valence-corrected chi connectivity index (χ2v) is 6.99. The molecule has 0 bridgehead atoms. The Labute approximate surface area is 149 Å². The normalized spacial score (nSPS) is 25.5. The molecule has 1 unspecified atom stereocenters. The molecule has 3 rings (SSSR count). The molecular weight excluding hydrogens is 352 g/mol. The highest BCUT2D eigenvalue weighted by molar-refractivity contribution is 5.95. The van der Waals surface area contributed by atoms with Gasteiger partial charge in [-0.15, -0.1) is 0 Å². The molecule has 1 spiro atoms. The van der Waals surface area contributed by atoms with Gasteiger partial charge in [-0.2, -0.15) is 13.2 Å². The first-order chi connectivity index (χ1) is 12.3. The zero-order valence-electron chi connectivity index (χ0n) is 14.4. The third-order valence-electron chi connectivity index (χ3n) is 5.09. The van der Waals surface area contributed by atoms with Gasteiger partial charge in [0.2, 0.25) is 0 Å².